The van der Waals surface area contributed by atoms with E-state index in [9.17, 15) is 4.79 Å². The zero-order valence-corrected chi connectivity index (χ0v) is 12.2. The normalized spacial score (nSPS) is 19.8. The van der Waals surface area contributed by atoms with Crippen LogP contribution in [0.15, 0.2) is 30.3 Å². The molecule has 0 spiro atoms. The van der Waals surface area contributed by atoms with Gasteiger partial charge in [0.1, 0.15) is 6.61 Å². The average Bonchev–Trinajstić information content (AvgIpc) is 2.47. The van der Waals surface area contributed by atoms with Gasteiger partial charge in [0.2, 0.25) is 5.91 Å². The monoisotopic (exact) mass is 276 g/mol. The number of methoxy groups -OCH3 is 1. The minimum Gasteiger partial charge on any atom is -0.375 e. The quantitative estimate of drug-likeness (QED) is 0.855. The average molecular weight is 276 g/mol. The third-order valence-electron chi connectivity index (χ3n) is 3.71. The third kappa shape index (κ3) is 4.94. The molecule has 4 nitrogen and oxygen atoms in total. The van der Waals surface area contributed by atoms with E-state index in [1.54, 1.807) is 7.11 Å². The lowest BCUT2D eigenvalue weighted by molar-refractivity contribution is -0.125. The lowest BCUT2D eigenvalue weighted by Gasteiger charge is -2.33. The molecule has 0 unspecified atom stereocenters. The summed E-state index contributed by atoms with van der Waals surface area (Å²) in [4.78, 5) is 14.0. The van der Waals surface area contributed by atoms with Gasteiger partial charge < -0.3 is 15.0 Å². The predicted molar refractivity (Wildman–Crippen MR) is 79.6 cm³/mol. The zero-order chi connectivity index (χ0) is 14.2. The Hall–Kier alpha value is -1.39. The van der Waals surface area contributed by atoms with Crippen LogP contribution in [-0.4, -0.2) is 50.2 Å². The van der Waals surface area contributed by atoms with Crippen LogP contribution in [0.2, 0.25) is 0 Å². The van der Waals surface area contributed by atoms with E-state index in [-0.39, 0.29) is 18.6 Å². The van der Waals surface area contributed by atoms with Gasteiger partial charge in [-0.3, -0.25) is 4.79 Å². The lowest BCUT2D eigenvalue weighted by atomic mass is 10.0. The van der Waals surface area contributed by atoms with Crippen molar-refractivity contribution in [2.24, 2.45) is 0 Å². The van der Waals surface area contributed by atoms with Crippen molar-refractivity contribution in [3.8, 4) is 0 Å². The summed E-state index contributed by atoms with van der Waals surface area (Å²) < 4.78 is 4.85. The van der Waals surface area contributed by atoms with Gasteiger partial charge in [0.25, 0.3) is 0 Å². The number of piperidine rings is 1. The van der Waals surface area contributed by atoms with E-state index in [4.69, 9.17) is 4.74 Å². The van der Waals surface area contributed by atoms with Crippen molar-refractivity contribution in [2.45, 2.75) is 25.3 Å². The number of carbonyl (C=O) groups is 1. The molecule has 1 aromatic rings. The maximum Gasteiger partial charge on any atom is 0.246 e. The van der Waals surface area contributed by atoms with E-state index in [0.29, 0.717) is 0 Å². The molecule has 1 amide bonds. The van der Waals surface area contributed by atoms with Crippen LogP contribution in [0.3, 0.4) is 0 Å². The molecular weight excluding hydrogens is 252 g/mol. The molecule has 0 radical (unpaired) electrons. The summed E-state index contributed by atoms with van der Waals surface area (Å²) in [6, 6.07) is 10.8. The first kappa shape index (κ1) is 15.0. The summed E-state index contributed by atoms with van der Waals surface area (Å²) in [6.07, 6.45) is 3.28. The van der Waals surface area contributed by atoms with Crippen molar-refractivity contribution in [1.82, 2.24) is 10.2 Å². The molecule has 2 rings (SSSR count). The first-order valence-electron chi connectivity index (χ1n) is 7.32. The van der Waals surface area contributed by atoms with Crippen molar-refractivity contribution in [3.05, 3.63) is 35.9 Å². The van der Waals surface area contributed by atoms with Crippen LogP contribution in [-0.2, 0) is 16.0 Å². The van der Waals surface area contributed by atoms with E-state index in [2.05, 4.69) is 34.5 Å². The smallest absolute Gasteiger partial charge is 0.246 e. The fraction of sp³-hybridized carbons (Fsp3) is 0.562. The number of hydrogen-bond acceptors (Lipinski definition) is 3. The van der Waals surface area contributed by atoms with E-state index in [1.165, 1.54) is 5.56 Å². The second-order valence-electron chi connectivity index (χ2n) is 5.38. The molecule has 0 saturated carbocycles. The third-order valence-corrected chi connectivity index (χ3v) is 3.71. The Kier molecular flexibility index (Phi) is 6.02. The first-order chi connectivity index (χ1) is 9.78. The number of carbonyl (C=O) groups excluding carboxylic acids is 1. The molecular formula is C16H24N2O2. The fourth-order valence-corrected chi connectivity index (χ4v) is 2.71. The van der Waals surface area contributed by atoms with Gasteiger partial charge in [-0.25, -0.2) is 0 Å². The summed E-state index contributed by atoms with van der Waals surface area (Å²) in [5.41, 5.74) is 1.37. The summed E-state index contributed by atoms with van der Waals surface area (Å²) >= 11 is 0. The summed E-state index contributed by atoms with van der Waals surface area (Å²) in [7, 11) is 1.55. The van der Waals surface area contributed by atoms with Gasteiger partial charge in [0.05, 0.1) is 0 Å². The van der Waals surface area contributed by atoms with Gasteiger partial charge in [0, 0.05) is 26.2 Å². The summed E-state index contributed by atoms with van der Waals surface area (Å²) in [6.45, 7) is 3.28. The first-order valence-corrected chi connectivity index (χ1v) is 7.32. The standard InChI is InChI=1S/C16H24N2O2/c1-20-13-16(19)17-15-8-5-10-18(12-15)11-9-14-6-3-2-4-7-14/h2-4,6-7,15H,5,8-13H2,1H3,(H,17,19)/t15-/m1/s1. The highest BCUT2D eigenvalue weighted by molar-refractivity contribution is 5.77. The van der Waals surface area contributed by atoms with Crippen LogP contribution >= 0.6 is 0 Å². The van der Waals surface area contributed by atoms with Crippen LogP contribution in [0, 0.1) is 0 Å². The Bertz CT molecular complexity index is 408. The highest BCUT2D eigenvalue weighted by Gasteiger charge is 2.20. The number of benzene rings is 1. The van der Waals surface area contributed by atoms with Crippen molar-refractivity contribution in [2.75, 3.05) is 33.4 Å². The number of hydrogen-bond donors (Lipinski definition) is 1. The zero-order valence-electron chi connectivity index (χ0n) is 12.2. The number of rotatable bonds is 6. The number of likely N-dealkylation sites (tertiary alicyclic amines) is 1. The molecule has 1 aromatic carbocycles. The van der Waals surface area contributed by atoms with E-state index < -0.39 is 0 Å². The molecule has 0 aromatic heterocycles. The Morgan fingerprint density at radius 1 is 1.40 bits per heavy atom. The molecule has 0 bridgehead atoms. The van der Waals surface area contributed by atoms with Crippen LogP contribution in [0.5, 0.6) is 0 Å². The topological polar surface area (TPSA) is 41.6 Å². The van der Waals surface area contributed by atoms with Gasteiger partial charge in [-0.15, -0.1) is 0 Å². The second-order valence-corrected chi connectivity index (χ2v) is 5.38. The molecule has 4 heteroatoms. The van der Waals surface area contributed by atoms with Gasteiger partial charge in [-0.05, 0) is 31.4 Å². The van der Waals surface area contributed by atoms with E-state index in [1.807, 2.05) is 6.07 Å². The SMILES string of the molecule is COCC(=O)N[C@@H]1CCCN(CCc2ccccc2)C1. The summed E-state index contributed by atoms with van der Waals surface area (Å²) in [5.74, 6) is -0.0117. The lowest BCUT2D eigenvalue weighted by Crippen LogP contribution is -2.48. The Morgan fingerprint density at radius 2 is 2.20 bits per heavy atom. The molecule has 1 heterocycles. The Balaban J connectivity index is 1.74. The highest BCUT2D eigenvalue weighted by Crippen LogP contribution is 2.11. The van der Waals surface area contributed by atoms with Gasteiger partial charge >= 0.3 is 0 Å². The maximum atomic E-state index is 11.5. The van der Waals surface area contributed by atoms with Crippen LogP contribution in [0.1, 0.15) is 18.4 Å². The van der Waals surface area contributed by atoms with Gasteiger partial charge in [-0.2, -0.15) is 0 Å². The van der Waals surface area contributed by atoms with Crippen LogP contribution in [0.4, 0.5) is 0 Å². The largest absolute Gasteiger partial charge is 0.375 e. The van der Waals surface area contributed by atoms with E-state index in [0.717, 1.165) is 38.9 Å². The molecule has 110 valence electrons. The number of nitrogens with zero attached hydrogens (tertiary/aromatic N) is 1. The molecule has 0 aliphatic carbocycles. The predicted octanol–water partition coefficient (Wildman–Crippen LogP) is 1.46. The number of nitrogens with one attached hydrogen (secondary N) is 1. The highest BCUT2D eigenvalue weighted by atomic mass is 16.5. The second kappa shape index (κ2) is 8.02. The van der Waals surface area contributed by atoms with Gasteiger partial charge in [0.15, 0.2) is 0 Å². The van der Waals surface area contributed by atoms with Crippen LogP contribution < -0.4 is 5.32 Å². The Labute approximate surface area is 121 Å². The van der Waals surface area contributed by atoms with Gasteiger partial charge in [-0.1, -0.05) is 30.3 Å². The van der Waals surface area contributed by atoms with Crippen molar-refractivity contribution >= 4 is 5.91 Å². The molecule has 20 heavy (non-hydrogen) atoms. The summed E-state index contributed by atoms with van der Waals surface area (Å²) in [5, 5.41) is 3.04. The molecule has 1 atom stereocenters. The molecule has 1 N–H and O–H groups in total. The molecule has 1 fully saturated rings. The molecule has 1 saturated heterocycles. The molecule has 1 aliphatic heterocycles. The minimum atomic E-state index is -0.0117. The van der Waals surface area contributed by atoms with Crippen molar-refractivity contribution in [3.63, 3.8) is 0 Å². The Morgan fingerprint density at radius 3 is 2.95 bits per heavy atom. The number of amides is 1. The number of ether oxygens (including phenoxy) is 1. The maximum absolute atomic E-state index is 11.5. The molecule has 1 aliphatic rings. The van der Waals surface area contributed by atoms with E-state index >= 15 is 0 Å². The fourth-order valence-electron chi connectivity index (χ4n) is 2.71. The van der Waals surface area contributed by atoms with Crippen molar-refractivity contribution in [1.29, 1.82) is 0 Å². The minimum absolute atomic E-state index is 0.0117. The van der Waals surface area contributed by atoms with Crippen LogP contribution in [0.25, 0.3) is 0 Å². The van der Waals surface area contributed by atoms with Crippen molar-refractivity contribution < 1.29 is 9.53 Å².